The van der Waals surface area contributed by atoms with Gasteiger partial charge in [0.1, 0.15) is 17.4 Å². The lowest BCUT2D eigenvalue weighted by atomic mass is 10.1. The summed E-state index contributed by atoms with van der Waals surface area (Å²) in [5.74, 6) is -1.27. The summed E-state index contributed by atoms with van der Waals surface area (Å²) in [7, 11) is 0. The van der Waals surface area contributed by atoms with Gasteiger partial charge in [-0.15, -0.1) is 0 Å². The summed E-state index contributed by atoms with van der Waals surface area (Å²) in [6.45, 7) is 5.97. The average Bonchev–Trinajstić information content (AvgIpc) is 3.09. The van der Waals surface area contributed by atoms with E-state index in [1.165, 1.54) is 0 Å². The molecule has 0 radical (unpaired) electrons. The highest BCUT2D eigenvalue weighted by Gasteiger charge is 2.26. The lowest BCUT2D eigenvalue weighted by molar-refractivity contribution is 0.0933. The van der Waals surface area contributed by atoms with Crippen LogP contribution in [0, 0.1) is 25.5 Å². The number of carbonyl (C=O) groups excluding carboxylic acids is 1. The predicted molar refractivity (Wildman–Crippen MR) is 83.5 cm³/mol. The van der Waals surface area contributed by atoms with Gasteiger partial charge in [-0.1, -0.05) is 5.16 Å². The van der Waals surface area contributed by atoms with Gasteiger partial charge in [-0.05, 0) is 32.4 Å². The standard InChI is InChI=1S/C17H19F2N3O2/c1-10-15(11(2)24-21-10)9-22-6-5-13(8-22)20-17(23)14-4-3-12(18)7-16(14)19/h3-4,7,13H,5-6,8-9H2,1-2H3,(H,20,23)/t13-/m1/s1. The van der Waals surface area contributed by atoms with Crippen molar-refractivity contribution in [2.24, 2.45) is 0 Å². The van der Waals surface area contributed by atoms with Gasteiger partial charge in [-0.3, -0.25) is 9.69 Å². The Morgan fingerprint density at radius 3 is 2.88 bits per heavy atom. The smallest absolute Gasteiger partial charge is 0.254 e. The molecule has 0 bridgehead atoms. The average molecular weight is 335 g/mol. The highest BCUT2D eigenvalue weighted by molar-refractivity contribution is 5.94. The number of hydrogen-bond acceptors (Lipinski definition) is 4. The van der Waals surface area contributed by atoms with Crippen LogP contribution in [-0.4, -0.2) is 35.1 Å². The van der Waals surface area contributed by atoms with Crippen molar-refractivity contribution in [1.82, 2.24) is 15.4 Å². The Hall–Kier alpha value is -2.28. The Morgan fingerprint density at radius 2 is 2.21 bits per heavy atom. The van der Waals surface area contributed by atoms with Crippen molar-refractivity contribution >= 4 is 5.91 Å². The topological polar surface area (TPSA) is 58.4 Å². The molecule has 7 heteroatoms. The minimum atomic E-state index is -0.849. The van der Waals surface area contributed by atoms with E-state index in [-0.39, 0.29) is 11.6 Å². The lowest BCUT2D eigenvalue weighted by Crippen LogP contribution is -2.37. The van der Waals surface area contributed by atoms with Gasteiger partial charge in [0, 0.05) is 37.3 Å². The van der Waals surface area contributed by atoms with Gasteiger partial charge in [0.15, 0.2) is 0 Å². The Bertz CT molecular complexity index is 741. The number of aryl methyl sites for hydroxylation is 2. The van der Waals surface area contributed by atoms with Crippen LogP contribution in [0.25, 0.3) is 0 Å². The van der Waals surface area contributed by atoms with Crippen LogP contribution in [0.15, 0.2) is 22.7 Å². The first kappa shape index (κ1) is 16.6. The van der Waals surface area contributed by atoms with Crippen LogP contribution in [0.3, 0.4) is 0 Å². The van der Waals surface area contributed by atoms with Crippen molar-refractivity contribution < 1.29 is 18.1 Å². The van der Waals surface area contributed by atoms with Crippen molar-refractivity contribution in [2.45, 2.75) is 32.9 Å². The maximum atomic E-state index is 13.7. The lowest BCUT2D eigenvalue weighted by Gasteiger charge is -2.16. The van der Waals surface area contributed by atoms with Gasteiger partial charge >= 0.3 is 0 Å². The van der Waals surface area contributed by atoms with Gasteiger partial charge in [0.2, 0.25) is 0 Å². The molecule has 24 heavy (non-hydrogen) atoms. The molecule has 1 aliphatic heterocycles. The molecule has 128 valence electrons. The highest BCUT2D eigenvalue weighted by atomic mass is 19.1. The number of carbonyl (C=O) groups is 1. The zero-order valence-corrected chi connectivity index (χ0v) is 13.6. The van der Waals surface area contributed by atoms with E-state index in [4.69, 9.17) is 4.52 Å². The maximum absolute atomic E-state index is 13.7. The molecule has 0 spiro atoms. The zero-order chi connectivity index (χ0) is 17.3. The first-order valence-corrected chi connectivity index (χ1v) is 7.84. The molecule has 1 aliphatic rings. The number of nitrogens with zero attached hydrogens (tertiary/aromatic N) is 2. The van der Waals surface area contributed by atoms with Crippen molar-refractivity contribution in [1.29, 1.82) is 0 Å². The van der Waals surface area contributed by atoms with Crippen molar-refractivity contribution in [3.05, 3.63) is 52.4 Å². The molecule has 0 unspecified atom stereocenters. The number of rotatable bonds is 4. The third kappa shape index (κ3) is 3.46. The minimum Gasteiger partial charge on any atom is -0.361 e. The number of aromatic nitrogens is 1. The van der Waals surface area contributed by atoms with Crippen LogP contribution in [0.1, 0.15) is 33.8 Å². The summed E-state index contributed by atoms with van der Waals surface area (Å²) < 4.78 is 31.7. The van der Waals surface area contributed by atoms with Crippen molar-refractivity contribution in [3.8, 4) is 0 Å². The molecule has 1 fully saturated rings. The van der Waals surface area contributed by atoms with Gasteiger partial charge in [0.05, 0.1) is 11.3 Å². The summed E-state index contributed by atoms with van der Waals surface area (Å²) >= 11 is 0. The minimum absolute atomic E-state index is 0.0672. The van der Waals surface area contributed by atoms with Crippen LogP contribution >= 0.6 is 0 Å². The number of nitrogens with one attached hydrogen (secondary N) is 1. The van der Waals surface area contributed by atoms with E-state index in [0.717, 1.165) is 42.1 Å². The first-order valence-electron chi connectivity index (χ1n) is 7.84. The number of amides is 1. The fourth-order valence-corrected chi connectivity index (χ4v) is 2.98. The fraction of sp³-hybridized carbons (Fsp3) is 0.412. The second-order valence-electron chi connectivity index (χ2n) is 6.12. The van der Waals surface area contributed by atoms with Gasteiger partial charge < -0.3 is 9.84 Å². The molecule has 3 rings (SSSR count). The van der Waals surface area contributed by atoms with Crippen LogP contribution in [0.5, 0.6) is 0 Å². The Labute approximate surface area is 138 Å². The summed E-state index contributed by atoms with van der Waals surface area (Å²) in [5.41, 5.74) is 1.79. The van der Waals surface area contributed by atoms with Crippen LogP contribution in [0.4, 0.5) is 8.78 Å². The largest absolute Gasteiger partial charge is 0.361 e. The maximum Gasteiger partial charge on any atom is 0.254 e. The summed E-state index contributed by atoms with van der Waals surface area (Å²) in [6, 6.07) is 2.89. The third-order valence-electron chi connectivity index (χ3n) is 4.35. The molecule has 0 saturated carbocycles. The van der Waals surface area contributed by atoms with Crippen LogP contribution in [-0.2, 0) is 6.54 Å². The second kappa shape index (κ2) is 6.68. The molecule has 1 atom stereocenters. The van der Waals surface area contributed by atoms with Crippen molar-refractivity contribution in [2.75, 3.05) is 13.1 Å². The van der Waals surface area contributed by atoms with Crippen molar-refractivity contribution in [3.63, 3.8) is 0 Å². The van der Waals surface area contributed by atoms with E-state index in [0.29, 0.717) is 19.2 Å². The molecule has 2 heterocycles. The van der Waals surface area contributed by atoms with E-state index >= 15 is 0 Å². The molecule has 1 N–H and O–H groups in total. The van der Waals surface area contributed by atoms with Crippen LogP contribution < -0.4 is 5.32 Å². The van der Waals surface area contributed by atoms with E-state index in [9.17, 15) is 13.6 Å². The molecule has 1 aromatic heterocycles. The molecule has 5 nitrogen and oxygen atoms in total. The Balaban J connectivity index is 1.59. The molecule has 2 aromatic rings. The SMILES string of the molecule is Cc1noc(C)c1CN1CC[C@@H](NC(=O)c2ccc(F)cc2F)C1. The van der Waals surface area contributed by atoms with Crippen LogP contribution in [0.2, 0.25) is 0 Å². The molecular weight excluding hydrogens is 316 g/mol. The Morgan fingerprint density at radius 1 is 1.42 bits per heavy atom. The van der Waals surface area contributed by atoms with Gasteiger partial charge in [-0.25, -0.2) is 8.78 Å². The highest BCUT2D eigenvalue weighted by Crippen LogP contribution is 2.19. The number of benzene rings is 1. The normalized spacial score (nSPS) is 18.1. The number of halogens is 2. The summed E-state index contributed by atoms with van der Waals surface area (Å²) in [4.78, 5) is 14.3. The monoisotopic (exact) mass is 335 g/mol. The van der Waals surface area contributed by atoms with Gasteiger partial charge in [0.25, 0.3) is 5.91 Å². The quantitative estimate of drug-likeness (QED) is 0.933. The van der Waals surface area contributed by atoms with E-state index < -0.39 is 17.5 Å². The third-order valence-corrected chi connectivity index (χ3v) is 4.35. The Kier molecular flexibility index (Phi) is 4.62. The van der Waals surface area contributed by atoms with E-state index in [1.807, 2.05) is 13.8 Å². The second-order valence-corrected chi connectivity index (χ2v) is 6.12. The van der Waals surface area contributed by atoms with E-state index in [1.54, 1.807) is 0 Å². The molecular formula is C17H19F2N3O2. The fourth-order valence-electron chi connectivity index (χ4n) is 2.98. The zero-order valence-electron chi connectivity index (χ0n) is 13.6. The first-order chi connectivity index (χ1) is 11.4. The number of hydrogen-bond donors (Lipinski definition) is 1. The summed E-state index contributed by atoms with van der Waals surface area (Å²) in [5, 5.41) is 6.75. The summed E-state index contributed by atoms with van der Waals surface area (Å²) in [6.07, 6.45) is 0.776. The van der Waals surface area contributed by atoms with E-state index in [2.05, 4.69) is 15.4 Å². The number of likely N-dealkylation sites (tertiary alicyclic amines) is 1. The molecule has 1 aromatic carbocycles. The van der Waals surface area contributed by atoms with Gasteiger partial charge in [-0.2, -0.15) is 0 Å². The molecule has 1 amide bonds. The molecule has 1 saturated heterocycles. The molecule has 0 aliphatic carbocycles. The predicted octanol–water partition coefficient (Wildman–Crippen LogP) is 2.57.